The Kier molecular flexibility index (Phi) is 2.36. The van der Waals surface area contributed by atoms with E-state index in [1.807, 2.05) is 0 Å². The molecule has 2 aromatic rings. The van der Waals surface area contributed by atoms with E-state index in [9.17, 15) is 9.59 Å². The van der Waals surface area contributed by atoms with Crippen LogP contribution < -0.4 is 0 Å². The van der Waals surface area contributed by atoms with Crippen LogP contribution in [0, 0.1) is 0 Å². The molecule has 2 N–H and O–H groups in total. The average molecular weight is 219 g/mol. The van der Waals surface area contributed by atoms with Gasteiger partial charge in [-0.2, -0.15) is 0 Å². The Labute approximate surface area is 90.5 Å². The number of aromatic nitrogens is 1. The molecule has 0 saturated heterocycles. The summed E-state index contributed by atoms with van der Waals surface area (Å²) in [6, 6.07) is 6.83. The Morgan fingerprint density at radius 1 is 1.19 bits per heavy atom. The summed E-state index contributed by atoms with van der Waals surface area (Å²) in [6.45, 7) is 0. The third-order valence-electron chi connectivity index (χ3n) is 2.34. The third kappa shape index (κ3) is 1.63. The summed E-state index contributed by atoms with van der Waals surface area (Å²) >= 11 is 0. The van der Waals surface area contributed by atoms with Crippen molar-refractivity contribution < 1.29 is 19.8 Å². The van der Waals surface area contributed by atoms with E-state index in [2.05, 4.69) is 0 Å². The lowest BCUT2D eigenvalue weighted by Gasteiger charge is -1.95. The lowest BCUT2D eigenvalue weighted by Crippen LogP contribution is -2.06. The van der Waals surface area contributed by atoms with Crippen molar-refractivity contribution in [2.75, 3.05) is 0 Å². The summed E-state index contributed by atoms with van der Waals surface area (Å²) in [5, 5.41) is 18.3. The van der Waals surface area contributed by atoms with E-state index >= 15 is 0 Å². The van der Waals surface area contributed by atoms with Gasteiger partial charge in [0.1, 0.15) is 0 Å². The number of para-hydroxylation sites is 1. The van der Waals surface area contributed by atoms with Crippen molar-refractivity contribution in [3.63, 3.8) is 0 Å². The summed E-state index contributed by atoms with van der Waals surface area (Å²) in [6.07, 6.45) is 0.0508. The molecule has 1 aromatic heterocycles. The molecule has 1 aromatic carbocycles. The quantitative estimate of drug-likeness (QED) is 0.807. The van der Waals surface area contributed by atoms with Gasteiger partial charge in [0.05, 0.1) is 11.9 Å². The van der Waals surface area contributed by atoms with E-state index in [4.69, 9.17) is 10.2 Å². The van der Waals surface area contributed by atoms with Crippen molar-refractivity contribution in [2.45, 2.75) is 6.42 Å². The van der Waals surface area contributed by atoms with Crippen LogP contribution in [-0.4, -0.2) is 26.8 Å². The number of aliphatic carboxylic acids is 1. The topological polar surface area (TPSA) is 79.5 Å². The monoisotopic (exact) mass is 219 g/mol. The van der Waals surface area contributed by atoms with Crippen molar-refractivity contribution >= 4 is 23.0 Å². The highest BCUT2D eigenvalue weighted by molar-refractivity contribution is 5.93. The number of benzene rings is 1. The van der Waals surface area contributed by atoms with Crippen molar-refractivity contribution in [2.24, 2.45) is 0 Å². The Balaban J connectivity index is 2.66. The summed E-state index contributed by atoms with van der Waals surface area (Å²) in [7, 11) is 0. The fraction of sp³-hybridized carbons (Fsp3) is 0.0909. The van der Waals surface area contributed by atoms with Crippen LogP contribution in [0.1, 0.15) is 5.56 Å². The van der Waals surface area contributed by atoms with Gasteiger partial charge in [0.15, 0.2) is 0 Å². The minimum absolute atomic E-state index is 0.180. The fourth-order valence-electron chi connectivity index (χ4n) is 1.71. The van der Waals surface area contributed by atoms with E-state index in [0.29, 0.717) is 16.5 Å². The first-order valence-corrected chi connectivity index (χ1v) is 4.63. The number of carbonyl (C=O) groups is 2. The number of carboxylic acids is 1. The number of rotatable bonds is 2. The molecule has 0 radical (unpaired) electrons. The molecule has 16 heavy (non-hydrogen) atoms. The van der Waals surface area contributed by atoms with E-state index in [-0.39, 0.29) is 6.42 Å². The Morgan fingerprint density at radius 2 is 1.88 bits per heavy atom. The molecule has 0 spiro atoms. The molecule has 0 atom stereocenters. The zero-order chi connectivity index (χ0) is 11.7. The molecule has 0 saturated carbocycles. The molecule has 0 unspecified atom stereocenters. The summed E-state index contributed by atoms with van der Waals surface area (Å²) < 4.78 is 1.04. The maximum Gasteiger partial charge on any atom is 0.416 e. The Morgan fingerprint density at radius 3 is 2.50 bits per heavy atom. The van der Waals surface area contributed by atoms with Crippen LogP contribution >= 0.6 is 0 Å². The highest BCUT2D eigenvalue weighted by Gasteiger charge is 2.13. The maximum atomic E-state index is 10.9. The van der Waals surface area contributed by atoms with Crippen molar-refractivity contribution in [3.8, 4) is 0 Å². The van der Waals surface area contributed by atoms with Crippen molar-refractivity contribution in [1.29, 1.82) is 0 Å². The van der Waals surface area contributed by atoms with E-state index in [1.54, 1.807) is 24.3 Å². The molecular formula is C11H9NO4. The van der Waals surface area contributed by atoms with Gasteiger partial charge in [-0.15, -0.1) is 0 Å². The molecular weight excluding hydrogens is 210 g/mol. The van der Waals surface area contributed by atoms with Crippen molar-refractivity contribution in [3.05, 3.63) is 36.0 Å². The van der Waals surface area contributed by atoms with Gasteiger partial charge in [-0.1, -0.05) is 18.2 Å². The van der Waals surface area contributed by atoms with Gasteiger partial charge in [0, 0.05) is 11.6 Å². The average Bonchev–Trinajstić information content (AvgIpc) is 2.57. The number of hydrogen-bond donors (Lipinski definition) is 2. The molecule has 1 heterocycles. The van der Waals surface area contributed by atoms with E-state index in [0.717, 1.165) is 4.57 Å². The predicted octanol–water partition coefficient (Wildman–Crippen LogP) is 1.79. The second kappa shape index (κ2) is 3.69. The van der Waals surface area contributed by atoms with E-state index < -0.39 is 12.1 Å². The molecule has 0 amide bonds. The van der Waals surface area contributed by atoms with Crippen LogP contribution in [0.25, 0.3) is 10.9 Å². The highest BCUT2D eigenvalue weighted by Crippen LogP contribution is 2.21. The van der Waals surface area contributed by atoms with Crippen LogP contribution in [0.5, 0.6) is 0 Å². The number of carboxylic acid groups (broad SMARTS) is 2. The van der Waals surface area contributed by atoms with Crippen molar-refractivity contribution in [1.82, 2.24) is 4.57 Å². The normalized spacial score (nSPS) is 10.5. The van der Waals surface area contributed by atoms with Gasteiger partial charge in [-0.05, 0) is 11.6 Å². The lowest BCUT2D eigenvalue weighted by molar-refractivity contribution is -0.136. The number of fused-ring (bicyclic) bond motifs is 1. The van der Waals surface area contributed by atoms with E-state index in [1.165, 1.54) is 6.20 Å². The third-order valence-corrected chi connectivity index (χ3v) is 2.34. The lowest BCUT2D eigenvalue weighted by atomic mass is 10.1. The molecule has 0 aliphatic carbocycles. The molecule has 0 aliphatic heterocycles. The second-order valence-corrected chi connectivity index (χ2v) is 3.39. The first-order valence-electron chi connectivity index (χ1n) is 4.63. The summed E-state index contributed by atoms with van der Waals surface area (Å²) in [4.78, 5) is 21.6. The molecule has 0 aliphatic rings. The van der Waals surface area contributed by atoms with Crippen LogP contribution in [0.3, 0.4) is 0 Å². The molecule has 0 bridgehead atoms. The first kappa shape index (κ1) is 10.2. The Bertz CT molecular complexity index is 570. The second-order valence-electron chi connectivity index (χ2n) is 3.39. The maximum absolute atomic E-state index is 10.9. The smallest absolute Gasteiger partial charge is 0.416 e. The first-order chi connectivity index (χ1) is 7.59. The molecule has 0 fully saturated rings. The zero-order valence-electron chi connectivity index (χ0n) is 8.25. The van der Waals surface area contributed by atoms with Gasteiger partial charge in [0.25, 0.3) is 0 Å². The minimum Gasteiger partial charge on any atom is -0.481 e. The molecule has 82 valence electrons. The van der Waals surface area contributed by atoms with Crippen LogP contribution in [-0.2, 0) is 11.2 Å². The number of nitrogens with zero attached hydrogens (tertiary/aromatic N) is 1. The zero-order valence-corrected chi connectivity index (χ0v) is 8.25. The highest BCUT2D eigenvalue weighted by atomic mass is 16.4. The largest absolute Gasteiger partial charge is 0.481 e. The molecule has 2 rings (SSSR count). The molecule has 5 nitrogen and oxygen atoms in total. The number of hydrogen-bond acceptors (Lipinski definition) is 2. The summed E-state index contributed by atoms with van der Waals surface area (Å²) in [5.41, 5.74) is 1.01. The van der Waals surface area contributed by atoms with Gasteiger partial charge in [-0.25, -0.2) is 4.79 Å². The Hall–Kier alpha value is -2.30. The minimum atomic E-state index is -1.12. The summed E-state index contributed by atoms with van der Waals surface area (Å²) in [5.74, 6) is -0.978. The molecule has 5 heteroatoms. The standard InChI is InChI=1S/C11H9NO4/c13-10(14)5-7-6-12(11(15)16)9-4-2-1-3-8(7)9/h1-4,6H,5H2,(H,13,14)(H,15,16). The van der Waals surface area contributed by atoms with Gasteiger partial charge >= 0.3 is 12.1 Å². The van der Waals surface area contributed by atoms with Gasteiger partial charge < -0.3 is 10.2 Å². The predicted molar refractivity (Wildman–Crippen MR) is 56.7 cm³/mol. The van der Waals surface area contributed by atoms with Crippen LogP contribution in [0.15, 0.2) is 30.5 Å². The van der Waals surface area contributed by atoms with Gasteiger partial charge in [-0.3, -0.25) is 9.36 Å². The SMILES string of the molecule is O=C(O)Cc1cn(C(=O)O)c2ccccc12. The van der Waals surface area contributed by atoms with Crippen LogP contribution in [0.2, 0.25) is 0 Å². The van der Waals surface area contributed by atoms with Gasteiger partial charge in [0.2, 0.25) is 0 Å². The fourth-order valence-corrected chi connectivity index (χ4v) is 1.71. The van der Waals surface area contributed by atoms with Crippen LogP contribution in [0.4, 0.5) is 4.79 Å².